The lowest BCUT2D eigenvalue weighted by Gasteiger charge is -2.00. The van der Waals surface area contributed by atoms with E-state index in [1.165, 1.54) is 23.7 Å². The number of aryl methyl sites for hydroxylation is 1. The number of hydrogen-bond acceptors (Lipinski definition) is 4. The molecule has 5 heteroatoms. The quantitative estimate of drug-likeness (QED) is 0.850. The average Bonchev–Trinajstić information content (AvgIpc) is 2.66. The van der Waals surface area contributed by atoms with Gasteiger partial charge in [0, 0.05) is 24.1 Å². The highest BCUT2D eigenvalue weighted by Gasteiger charge is 2.08. The van der Waals surface area contributed by atoms with Crippen LogP contribution < -0.4 is 5.32 Å². The molecule has 15 heavy (non-hydrogen) atoms. The largest absolute Gasteiger partial charge is 0.363 e. The predicted octanol–water partition coefficient (Wildman–Crippen LogP) is 2.69. The van der Waals surface area contributed by atoms with E-state index in [1.54, 1.807) is 13.1 Å². The lowest BCUT2D eigenvalue weighted by Crippen LogP contribution is -1.89. The van der Waals surface area contributed by atoms with Gasteiger partial charge in [-0.3, -0.25) is 0 Å². The van der Waals surface area contributed by atoms with Crippen LogP contribution in [0.25, 0.3) is 11.4 Å². The summed E-state index contributed by atoms with van der Waals surface area (Å²) in [6.07, 6.45) is 0. The Kier molecular flexibility index (Phi) is 2.64. The molecule has 2 aromatic rings. The van der Waals surface area contributed by atoms with Gasteiger partial charge in [-0.05, 0) is 30.7 Å². The molecular weight excluding hydrogens is 213 g/mol. The Bertz CT molecular complexity index is 481. The van der Waals surface area contributed by atoms with E-state index in [-0.39, 0.29) is 5.82 Å². The molecular formula is C10H10FN3S. The summed E-state index contributed by atoms with van der Waals surface area (Å²) in [6.45, 7) is 1.85. The van der Waals surface area contributed by atoms with Crippen molar-refractivity contribution in [3.63, 3.8) is 0 Å². The van der Waals surface area contributed by atoms with Gasteiger partial charge in [-0.2, -0.15) is 9.36 Å². The number of rotatable bonds is 2. The maximum absolute atomic E-state index is 12.9. The zero-order valence-electron chi connectivity index (χ0n) is 8.41. The Labute approximate surface area is 91.2 Å². The van der Waals surface area contributed by atoms with E-state index in [0.717, 1.165) is 16.3 Å². The zero-order chi connectivity index (χ0) is 10.8. The topological polar surface area (TPSA) is 37.8 Å². The molecule has 78 valence electrons. The molecule has 0 radical (unpaired) electrons. The number of nitrogens with one attached hydrogen (secondary N) is 1. The van der Waals surface area contributed by atoms with Gasteiger partial charge in [0.05, 0.1) is 0 Å². The van der Waals surface area contributed by atoms with Gasteiger partial charge < -0.3 is 5.32 Å². The predicted molar refractivity (Wildman–Crippen MR) is 59.6 cm³/mol. The summed E-state index contributed by atoms with van der Waals surface area (Å²) >= 11 is 1.29. The second-order valence-corrected chi connectivity index (χ2v) is 3.88. The number of benzene rings is 1. The third kappa shape index (κ3) is 1.97. The van der Waals surface area contributed by atoms with Crippen LogP contribution >= 0.6 is 11.5 Å². The average molecular weight is 223 g/mol. The summed E-state index contributed by atoms with van der Waals surface area (Å²) in [4.78, 5) is 4.26. The first-order chi connectivity index (χ1) is 7.20. The SMILES string of the molecule is CNc1nc(-c2ccc(F)cc2C)ns1. The molecule has 1 aromatic carbocycles. The first kappa shape index (κ1) is 10.0. The number of nitrogens with zero attached hydrogens (tertiary/aromatic N) is 2. The van der Waals surface area contributed by atoms with Crippen LogP contribution in [0.2, 0.25) is 0 Å². The van der Waals surface area contributed by atoms with E-state index in [1.807, 2.05) is 6.92 Å². The molecule has 1 aromatic heterocycles. The molecule has 0 aliphatic carbocycles. The van der Waals surface area contributed by atoms with Gasteiger partial charge in [0.25, 0.3) is 0 Å². The molecule has 0 spiro atoms. The van der Waals surface area contributed by atoms with Gasteiger partial charge in [0.1, 0.15) is 5.82 Å². The lowest BCUT2D eigenvalue weighted by molar-refractivity contribution is 0.627. The summed E-state index contributed by atoms with van der Waals surface area (Å²) in [5.74, 6) is 0.405. The molecule has 0 aliphatic heterocycles. The summed E-state index contributed by atoms with van der Waals surface area (Å²) in [5.41, 5.74) is 1.71. The van der Waals surface area contributed by atoms with Crippen molar-refractivity contribution in [2.75, 3.05) is 12.4 Å². The van der Waals surface area contributed by atoms with Crippen molar-refractivity contribution in [3.8, 4) is 11.4 Å². The van der Waals surface area contributed by atoms with Gasteiger partial charge in [0.15, 0.2) is 5.82 Å². The Morgan fingerprint density at radius 2 is 2.20 bits per heavy atom. The van der Waals surface area contributed by atoms with Crippen molar-refractivity contribution in [3.05, 3.63) is 29.6 Å². The summed E-state index contributed by atoms with van der Waals surface area (Å²) in [5, 5.41) is 3.68. The number of halogens is 1. The molecule has 0 aliphatic rings. The smallest absolute Gasteiger partial charge is 0.202 e. The number of anilines is 1. The minimum atomic E-state index is -0.236. The third-order valence-electron chi connectivity index (χ3n) is 2.07. The van der Waals surface area contributed by atoms with E-state index < -0.39 is 0 Å². The normalized spacial score (nSPS) is 10.3. The molecule has 0 atom stereocenters. The van der Waals surface area contributed by atoms with E-state index in [0.29, 0.717) is 5.82 Å². The standard InChI is InChI=1S/C10H10FN3S/c1-6-5-7(11)3-4-8(6)9-13-10(12-2)15-14-9/h3-5H,1-2H3,(H,12,13,14). The number of aromatic nitrogens is 2. The van der Waals surface area contributed by atoms with Crippen molar-refractivity contribution >= 4 is 16.7 Å². The number of hydrogen-bond donors (Lipinski definition) is 1. The van der Waals surface area contributed by atoms with E-state index in [2.05, 4.69) is 14.7 Å². The Balaban J connectivity index is 2.44. The second kappa shape index (κ2) is 3.94. The molecule has 0 amide bonds. The highest BCUT2D eigenvalue weighted by atomic mass is 32.1. The molecule has 1 heterocycles. The van der Waals surface area contributed by atoms with Crippen molar-refractivity contribution in [1.29, 1.82) is 0 Å². The summed E-state index contributed by atoms with van der Waals surface area (Å²) < 4.78 is 17.1. The van der Waals surface area contributed by atoms with Crippen LogP contribution in [0.4, 0.5) is 9.52 Å². The minimum Gasteiger partial charge on any atom is -0.363 e. The van der Waals surface area contributed by atoms with Crippen molar-refractivity contribution in [2.45, 2.75) is 6.92 Å². The van der Waals surface area contributed by atoms with Gasteiger partial charge in [-0.15, -0.1) is 0 Å². The van der Waals surface area contributed by atoms with E-state index in [9.17, 15) is 4.39 Å². The fourth-order valence-electron chi connectivity index (χ4n) is 1.31. The van der Waals surface area contributed by atoms with Gasteiger partial charge in [-0.25, -0.2) is 4.39 Å². The Hall–Kier alpha value is -1.49. The van der Waals surface area contributed by atoms with E-state index in [4.69, 9.17) is 0 Å². The molecule has 0 saturated carbocycles. The fourth-order valence-corrected chi connectivity index (χ4v) is 1.84. The minimum absolute atomic E-state index is 0.236. The maximum atomic E-state index is 12.9. The molecule has 0 bridgehead atoms. The summed E-state index contributed by atoms with van der Waals surface area (Å²) in [7, 11) is 1.79. The van der Waals surface area contributed by atoms with Gasteiger partial charge >= 0.3 is 0 Å². The zero-order valence-corrected chi connectivity index (χ0v) is 9.23. The van der Waals surface area contributed by atoms with Crippen LogP contribution in [-0.4, -0.2) is 16.4 Å². The van der Waals surface area contributed by atoms with Crippen LogP contribution in [0.3, 0.4) is 0 Å². The van der Waals surface area contributed by atoms with Crippen LogP contribution in [0.15, 0.2) is 18.2 Å². The monoisotopic (exact) mass is 223 g/mol. The van der Waals surface area contributed by atoms with Crippen LogP contribution in [0, 0.1) is 12.7 Å². The van der Waals surface area contributed by atoms with Crippen LogP contribution in [-0.2, 0) is 0 Å². The molecule has 0 unspecified atom stereocenters. The molecule has 3 nitrogen and oxygen atoms in total. The van der Waals surface area contributed by atoms with Crippen LogP contribution in [0.1, 0.15) is 5.56 Å². The Morgan fingerprint density at radius 3 is 2.80 bits per heavy atom. The van der Waals surface area contributed by atoms with E-state index >= 15 is 0 Å². The molecule has 1 N–H and O–H groups in total. The summed E-state index contributed by atoms with van der Waals surface area (Å²) in [6, 6.07) is 4.60. The second-order valence-electron chi connectivity index (χ2n) is 3.13. The maximum Gasteiger partial charge on any atom is 0.202 e. The third-order valence-corrected chi connectivity index (χ3v) is 2.80. The fraction of sp³-hybridized carbons (Fsp3) is 0.200. The van der Waals surface area contributed by atoms with Crippen molar-refractivity contribution in [1.82, 2.24) is 9.36 Å². The molecule has 0 saturated heterocycles. The van der Waals surface area contributed by atoms with Gasteiger partial charge in [-0.1, -0.05) is 0 Å². The molecule has 2 rings (SSSR count). The van der Waals surface area contributed by atoms with Gasteiger partial charge in [0.2, 0.25) is 5.13 Å². The van der Waals surface area contributed by atoms with Crippen molar-refractivity contribution < 1.29 is 4.39 Å². The first-order valence-corrected chi connectivity index (χ1v) is 5.26. The van der Waals surface area contributed by atoms with Crippen molar-refractivity contribution in [2.24, 2.45) is 0 Å². The lowest BCUT2D eigenvalue weighted by atomic mass is 10.1. The van der Waals surface area contributed by atoms with Crippen LogP contribution in [0.5, 0.6) is 0 Å². The molecule has 0 fully saturated rings. The highest BCUT2D eigenvalue weighted by Crippen LogP contribution is 2.24. The Morgan fingerprint density at radius 1 is 1.40 bits per heavy atom. The highest BCUT2D eigenvalue weighted by molar-refractivity contribution is 7.09. The first-order valence-electron chi connectivity index (χ1n) is 4.48.